The molecule has 4 heteroatoms. The van der Waals surface area contributed by atoms with Gasteiger partial charge in [0.05, 0.1) is 0 Å². The molecule has 0 N–H and O–H groups in total. The summed E-state index contributed by atoms with van der Waals surface area (Å²) in [6.45, 7) is 8.28. The molecule has 0 saturated carbocycles. The molecular formula is C13H22LiNOS. The predicted molar refractivity (Wildman–Crippen MR) is 71.3 cm³/mol. The van der Waals surface area contributed by atoms with Gasteiger partial charge >= 0.3 is 18.9 Å². The Morgan fingerprint density at radius 2 is 1.88 bits per heavy atom. The zero-order chi connectivity index (χ0) is 12.1. The van der Waals surface area contributed by atoms with E-state index in [0.29, 0.717) is 0 Å². The van der Waals surface area contributed by atoms with Crippen LogP contribution in [0.3, 0.4) is 0 Å². The summed E-state index contributed by atoms with van der Waals surface area (Å²) in [5, 5.41) is 1.40. The maximum atomic E-state index is 12.1. The standard InChI is InChI=1S/C13H22NOS.Li/c1-10(2)14(11(3)4)13(15)16-12-8-6-5-7-9-12;/h6,8,10-11H,5,7,9H2,1-4H3;/q-1;+1. The van der Waals surface area contributed by atoms with Crippen molar-refractivity contribution in [1.29, 1.82) is 0 Å². The SMILES string of the molecule is CC(C)N(C(=O)S[C-]1C=CCCC1)C(C)C.[Li+]. The van der Waals surface area contributed by atoms with Gasteiger partial charge in [0.15, 0.2) is 0 Å². The van der Waals surface area contributed by atoms with Crippen molar-refractivity contribution >= 4 is 17.0 Å². The van der Waals surface area contributed by atoms with Crippen LogP contribution >= 0.6 is 11.8 Å². The summed E-state index contributed by atoms with van der Waals surface area (Å²) in [5.41, 5.74) is 0. The van der Waals surface area contributed by atoms with Crippen molar-refractivity contribution in [2.45, 2.75) is 59.0 Å². The third-order valence-corrected chi connectivity index (χ3v) is 3.63. The average molecular weight is 247 g/mol. The Morgan fingerprint density at radius 1 is 1.29 bits per heavy atom. The van der Waals surface area contributed by atoms with E-state index >= 15 is 0 Å². The molecule has 0 fully saturated rings. The molecule has 0 radical (unpaired) electrons. The quantitative estimate of drug-likeness (QED) is 0.552. The summed E-state index contributed by atoms with van der Waals surface area (Å²) >= 11 is 1.40. The summed E-state index contributed by atoms with van der Waals surface area (Å²) in [5.74, 6) is 0. The Hall–Kier alpha value is 0.0274. The Morgan fingerprint density at radius 3 is 2.29 bits per heavy atom. The molecule has 1 rings (SSSR count). The van der Waals surface area contributed by atoms with E-state index in [1.807, 2.05) is 4.90 Å². The Kier molecular flexibility index (Phi) is 8.20. The minimum atomic E-state index is 0. The summed E-state index contributed by atoms with van der Waals surface area (Å²) < 4.78 is 0. The number of hydrogen-bond acceptors (Lipinski definition) is 2. The molecular weight excluding hydrogens is 225 g/mol. The van der Waals surface area contributed by atoms with E-state index in [9.17, 15) is 4.79 Å². The van der Waals surface area contributed by atoms with Gasteiger partial charge in [-0.1, -0.05) is 12.8 Å². The summed E-state index contributed by atoms with van der Waals surface area (Å²) in [7, 11) is 0. The van der Waals surface area contributed by atoms with Gasteiger partial charge in [-0.25, -0.2) is 12.2 Å². The minimum Gasteiger partial charge on any atom is -0.330 e. The second-order valence-electron chi connectivity index (χ2n) is 4.72. The monoisotopic (exact) mass is 247 g/mol. The van der Waals surface area contributed by atoms with Gasteiger partial charge in [0.1, 0.15) is 0 Å². The van der Waals surface area contributed by atoms with Crippen LogP contribution in [0.1, 0.15) is 47.0 Å². The van der Waals surface area contributed by atoms with Crippen molar-refractivity contribution in [3.63, 3.8) is 0 Å². The molecule has 1 aliphatic carbocycles. The van der Waals surface area contributed by atoms with Crippen LogP contribution in [0.5, 0.6) is 0 Å². The third-order valence-electron chi connectivity index (χ3n) is 2.64. The number of carbonyl (C=O) groups is 1. The second kappa shape index (κ2) is 8.19. The molecule has 17 heavy (non-hydrogen) atoms. The van der Waals surface area contributed by atoms with E-state index in [1.165, 1.54) is 23.4 Å². The van der Waals surface area contributed by atoms with Crippen LogP contribution in [0.4, 0.5) is 4.79 Å². The van der Waals surface area contributed by atoms with Gasteiger partial charge in [0.25, 0.3) is 5.24 Å². The maximum absolute atomic E-state index is 12.1. The number of hydrogen-bond donors (Lipinski definition) is 0. The molecule has 1 amide bonds. The molecule has 0 aromatic heterocycles. The number of amides is 1. The molecule has 0 saturated heterocycles. The molecule has 0 heterocycles. The zero-order valence-corrected chi connectivity index (χ0v) is 12.5. The van der Waals surface area contributed by atoms with Gasteiger partial charge < -0.3 is 4.90 Å². The molecule has 0 bridgehead atoms. The second-order valence-corrected chi connectivity index (χ2v) is 5.80. The largest absolute Gasteiger partial charge is 1.00 e. The number of nitrogens with zero attached hydrogens (tertiary/aromatic N) is 1. The van der Waals surface area contributed by atoms with Gasteiger partial charge in [-0.15, -0.1) is 18.2 Å². The number of allylic oxidation sites excluding steroid dienone is 1. The van der Waals surface area contributed by atoms with Gasteiger partial charge in [-0.3, -0.25) is 4.79 Å². The van der Waals surface area contributed by atoms with Crippen LogP contribution in [-0.4, -0.2) is 22.2 Å². The van der Waals surface area contributed by atoms with Crippen molar-refractivity contribution in [1.82, 2.24) is 4.90 Å². The van der Waals surface area contributed by atoms with Gasteiger partial charge in [0, 0.05) is 12.1 Å². The molecule has 92 valence electrons. The first kappa shape index (κ1) is 17.0. The molecule has 2 nitrogen and oxygen atoms in total. The number of rotatable bonds is 3. The Bertz CT molecular complexity index is 258. The van der Waals surface area contributed by atoms with Crippen molar-refractivity contribution in [2.24, 2.45) is 0 Å². The third kappa shape index (κ3) is 5.46. The topological polar surface area (TPSA) is 20.3 Å². The fourth-order valence-electron chi connectivity index (χ4n) is 1.96. The number of carbonyl (C=O) groups excluding carboxylic acids is 1. The first-order valence-electron chi connectivity index (χ1n) is 6.05. The molecule has 0 aliphatic heterocycles. The van der Waals surface area contributed by atoms with E-state index in [4.69, 9.17) is 0 Å². The van der Waals surface area contributed by atoms with Crippen LogP contribution in [0, 0.1) is 5.25 Å². The molecule has 0 unspecified atom stereocenters. The van der Waals surface area contributed by atoms with E-state index in [0.717, 1.165) is 12.8 Å². The number of thioether (sulfide) groups is 1. The molecule has 0 aromatic rings. The van der Waals surface area contributed by atoms with Gasteiger partial charge in [0.2, 0.25) is 0 Å². The van der Waals surface area contributed by atoms with E-state index in [2.05, 4.69) is 39.8 Å². The first-order valence-corrected chi connectivity index (χ1v) is 6.86. The van der Waals surface area contributed by atoms with E-state index in [-0.39, 0.29) is 36.2 Å². The van der Waals surface area contributed by atoms with Crippen LogP contribution in [0.15, 0.2) is 12.2 Å². The Labute approximate surface area is 122 Å². The molecule has 0 atom stereocenters. The first-order chi connectivity index (χ1) is 7.52. The van der Waals surface area contributed by atoms with Crippen molar-refractivity contribution in [2.75, 3.05) is 0 Å². The van der Waals surface area contributed by atoms with Crippen molar-refractivity contribution in [3.8, 4) is 0 Å². The Balaban J connectivity index is 0.00000256. The zero-order valence-electron chi connectivity index (χ0n) is 11.7. The fourth-order valence-corrected chi connectivity index (χ4v) is 3.12. The van der Waals surface area contributed by atoms with Crippen LogP contribution < -0.4 is 18.9 Å². The summed E-state index contributed by atoms with van der Waals surface area (Å²) in [6.07, 6.45) is 7.64. The summed E-state index contributed by atoms with van der Waals surface area (Å²) in [4.78, 5) is 14.1. The predicted octanol–water partition coefficient (Wildman–Crippen LogP) is 1.23. The average Bonchev–Trinajstić information content (AvgIpc) is 2.17. The molecule has 0 aromatic carbocycles. The van der Waals surface area contributed by atoms with Crippen LogP contribution in [0.25, 0.3) is 0 Å². The summed E-state index contributed by atoms with van der Waals surface area (Å²) in [6, 6.07) is 0.543. The molecule has 1 aliphatic rings. The van der Waals surface area contributed by atoms with Gasteiger partial charge in [-0.2, -0.15) is 5.25 Å². The van der Waals surface area contributed by atoms with E-state index < -0.39 is 0 Å². The van der Waals surface area contributed by atoms with Crippen LogP contribution in [-0.2, 0) is 0 Å². The van der Waals surface area contributed by atoms with Crippen molar-refractivity contribution in [3.05, 3.63) is 17.4 Å². The van der Waals surface area contributed by atoms with Crippen LogP contribution in [0.2, 0.25) is 0 Å². The smallest absolute Gasteiger partial charge is 0.330 e. The maximum Gasteiger partial charge on any atom is 1.00 e. The fraction of sp³-hybridized carbons (Fsp3) is 0.692. The van der Waals surface area contributed by atoms with E-state index in [1.54, 1.807) is 0 Å². The normalized spacial score (nSPS) is 15.1. The van der Waals surface area contributed by atoms with Crippen molar-refractivity contribution < 1.29 is 23.7 Å². The minimum absolute atomic E-state index is 0. The molecule has 0 spiro atoms. The van der Waals surface area contributed by atoms with Gasteiger partial charge in [-0.05, 0) is 27.7 Å².